The number of carbonyl (C=O) groups excluding carboxylic acids is 1. The monoisotopic (exact) mass is 287 g/mol. The minimum atomic E-state index is 0.300. The number of likely N-dealkylation sites (tertiary alicyclic amines) is 1. The van der Waals surface area contributed by atoms with Crippen LogP contribution >= 0.6 is 0 Å². The van der Waals surface area contributed by atoms with E-state index < -0.39 is 0 Å². The molecule has 1 aliphatic heterocycles. The molecule has 1 amide bonds. The second kappa shape index (κ2) is 6.14. The van der Waals surface area contributed by atoms with Crippen molar-refractivity contribution < 1.29 is 4.79 Å². The first-order chi connectivity index (χ1) is 10.1. The maximum Gasteiger partial charge on any atom is 0.223 e. The van der Waals surface area contributed by atoms with Crippen molar-refractivity contribution >= 4 is 5.91 Å². The lowest BCUT2D eigenvalue weighted by Crippen LogP contribution is -2.45. The molecule has 0 radical (unpaired) electrons. The van der Waals surface area contributed by atoms with E-state index in [1.807, 2.05) is 12.4 Å². The van der Waals surface area contributed by atoms with E-state index in [4.69, 9.17) is 0 Å². The van der Waals surface area contributed by atoms with E-state index in [2.05, 4.69) is 41.0 Å². The van der Waals surface area contributed by atoms with Gasteiger partial charge in [0.15, 0.2) is 0 Å². The lowest BCUT2D eigenvalue weighted by molar-refractivity contribution is -0.132. The lowest BCUT2D eigenvalue weighted by Gasteiger charge is -2.31. The van der Waals surface area contributed by atoms with Crippen LogP contribution in [0.3, 0.4) is 0 Å². The second-order valence-corrected chi connectivity index (χ2v) is 6.68. The molecular weight excluding hydrogens is 262 g/mol. The van der Waals surface area contributed by atoms with Gasteiger partial charge in [0.2, 0.25) is 5.91 Å². The Labute approximate surface area is 127 Å². The van der Waals surface area contributed by atoms with Crippen LogP contribution in [-0.4, -0.2) is 53.4 Å². The zero-order chi connectivity index (χ0) is 14.8. The van der Waals surface area contributed by atoms with Crippen molar-refractivity contribution in [3.05, 3.63) is 30.1 Å². The SMILES string of the molecule is CN(C)[C@@H]1CCN(C(=O)CC2CC2)[C@H]1Cc1ccncc1. The van der Waals surface area contributed by atoms with E-state index in [-0.39, 0.29) is 0 Å². The fourth-order valence-electron chi connectivity index (χ4n) is 3.44. The van der Waals surface area contributed by atoms with Crippen molar-refractivity contribution in [3.63, 3.8) is 0 Å². The number of rotatable bonds is 5. The molecule has 1 saturated heterocycles. The summed E-state index contributed by atoms with van der Waals surface area (Å²) in [6, 6.07) is 4.89. The summed E-state index contributed by atoms with van der Waals surface area (Å²) in [5.41, 5.74) is 1.27. The van der Waals surface area contributed by atoms with Gasteiger partial charge in [0.1, 0.15) is 0 Å². The molecule has 4 nitrogen and oxygen atoms in total. The smallest absolute Gasteiger partial charge is 0.223 e. The number of hydrogen-bond acceptors (Lipinski definition) is 3. The summed E-state index contributed by atoms with van der Waals surface area (Å²) in [5, 5.41) is 0. The van der Waals surface area contributed by atoms with Crippen LogP contribution in [0.1, 0.15) is 31.2 Å². The Hall–Kier alpha value is -1.42. The number of hydrogen-bond donors (Lipinski definition) is 0. The lowest BCUT2D eigenvalue weighted by atomic mass is 10.00. The summed E-state index contributed by atoms with van der Waals surface area (Å²) in [5.74, 6) is 1.03. The minimum Gasteiger partial charge on any atom is -0.338 e. The summed E-state index contributed by atoms with van der Waals surface area (Å²) < 4.78 is 0. The predicted molar refractivity (Wildman–Crippen MR) is 82.9 cm³/mol. The standard InChI is InChI=1S/C17H25N3O/c1-19(2)15-7-10-20(17(21)12-13-3-4-13)16(15)11-14-5-8-18-9-6-14/h5-6,8-9,13,15-16H,3-4,7,10-12H2,1-2H3/t15-,16+/m1/s1. The number of carbonyl (C=O) groups is 1. The Balaban J connectivity index is 1.73. The van der Waals surface area contributed by atoms with Crippen LogP contribution in [0.25, 0.3) is 0 Å². The molecule has 0 aromatic carbocycles. The van der Waals surface area contributed by atoms with E-state index in [0.29, 0.717) is 23.9 Å². The van der Waals surface area contributed by atoms with Gasteiger partial charge in [-0.15, -0.1) is 0 Å². The highest BCUT2D eigenvalue weighted by Crippen LogP contribution is 2.34. The first-order valence-corrected chi connectivity index (χ1v) is 8.00. The molecule has 21 heavy (non-hydrogen) atoms. The molecule has 114 valence electrons. The van der Waals surface area contributed by atoms with Crippen LogP contribution in [-0.2, 0) is 11.2 Å². The molecule has 0 bridgehead atoms. The Kier molecular flexibility index (Phi) is 4.24. The molecule has 0 spiro atoms. The van der Waals surface area contributed by atoms with Crippen LogP contribution in [0, 0.1) is 5.92 Å². The number of likely N-dealkylation sites (N-methyl/N-ethyl adjacent to an activating group) is 1. The largest absolute Gasteiger partial charge is 0.338 e. The van der Waals surface area contributed by atoms with Crippen LogP contribution in [0.2, 0.25) is 0 Å². The van der Waals surface area contributed by atoms with E-state index in [9.17, 15) is 4.79 Å². The maximum absolute atomic E-state index is 12.6. The molecule has 3 rings (SSSR count). The zero-order valence-corrected chi connectivity index (χ0v) is 13.0. The molecule has 2 fully saturated rings. The molecular formula is C17H25N3O. The van der Waals surface area contributed by atoms with Crippen molar-refractivity contribution in [3.8, 4) is 0 Å². The third-order valence-corrected chi connectivity index (χ3v) is 4.85. The van der Waals surface area contributed by atoms with Crippen molar-refractivity contribution in [2.24, 2.45) is 5.92 Å². The van der Waals surface area contributed by atoms with Gasteiger partial charge in [-0.1, -0.05) is 0 Å². The molecule has 2 aliphatic rings. The topological polar surface area (TPSA) is 36.4 Å². The third kappa shape index (κ3) is 3.43. The van der Waals surface area contributed by atoms with Crippen molar-refractivity contribution in [1.82, 2.24) is 14.8 Å². The summed E-state index contributed by atoms with van der Waals surface area (Å²) >= 11 is 0. The molecule has 1 aliphatic carbocycles. The first-order valence-electron chi connectivity index (χ1n) is 8.00. The van der Waals surface area contributed by atoms with Crippen LogP contribution < -0.4 is 0 Å². The van der Waals surface area contributed by atoms with Crippen molar-refractivity contribution in [1.29, 1.82) is 0 Å². The van der Waals surface area contributed by atoms with Gasteiger partial charge in [-0.3, -0.25) is 9.78 Å². The summed E-state index contributed by atoms with van der Waals surface area (Å²) in [6.07, 6.45) is 8.93. The van der Waals surface area contributed by atoms with E-state index >= 15 is 0 Å². The van der Waals surface area contributed by atoms with Gasteiger partial charge in [0.25, 0.3) is 0 Å². The molecule has 2 heterocycles. The van der Waals surface area contributed by atoms with Gasteiger partial charge in [-0.2, -0.15) is 0 Å². The normalized spacial score (nSPS) is 25.6. The molecule has 4 heteroatoms. The Bertz CT molecular complexity index is 484. The molecule has 1 saturated carbocycles. The fourth-order valence-corrected chi connectivity index (χ4v) is 3.44. The highest BCUT2D eigenvalue weighted by Gasteiger charge is 2.39. The number of pyridine rings is 1. The average Bonchev–Trinajstić information content (AvgIpc) is 3.17. The van der Waals surface area contributed by atoms with E-state index in [1.165, 1.54) is 18.4 Å². The van der Waals surface area contributed by atoms with Gasteiger partial charge in [-0.25, -0.2) is 0 Å². The first kappa shape index (κ1) is 14.5. The van der Waals surface area contributed by atoms with Gasteiger partial charge < -0.3 is 9.80 Å². The zero-order valence-electron chi connectivity index (χ0n) is 13.0. The molecule has 0 unspecified atom stereocenters. The van der Waals surface area contributed by atoms with Crippen molar-refractivity contribution in [2.45, 2.75) is 44.2 Å². The molecule has 1 aromatic heterocycles. The molecule has 0 N–H and O–H groups in total. The van der Waals surface area contributed by atoms with Crippen LogP contribution in [0.4, 0.5) is 0 Å². The maximum atomic E-state index is 12.6. The number of nitrogens with zero attached hydrogens (tertiary/aromatic N) is 3. The van der Waals surface area contributed by atoms with Gasteiger partial charge in [0, 0.05) is 31.4 Å². The van der Waals surface area contributed by atoms with Crippen LogP contribution in [0.5, 0.6) is 0 Å². The highest BCUT2D eigenvalue weighted by molar-refractivity contribution is 5.77. The molecule has 2 atom stereocenters. The van der Waals surface area contributed by atoms with Gasteiger partial charge in [-0.05, 0) is 63.4 Å². The van der Waals surface area contributed by atoms with Gasteiger partial charge >= 0.3 is 0 Å². The summed E-state index contributed by atoms with van der Waals surface area (Å²) in [4.78, 5) is 21.1. The Morgan fingerprint density at radius 3 is 2.62 bits per heavy atom. The van der Waals surface area contributed by atoms with Crippen LogP contribution in [0.15, 0.2) is 24.5 Å². The Morgan fingerprint density at radius 1 is 1.29 bits per heavy atom. The number of aromatic nitrogens is 1. The predicted octanol–water partition coefficient (Wildman–Crippen LogP) is 1.96. The van der Waals surface area contributed by atoms with Crippen molar-refractivity contribution in [2.75, 3.05) is 20.6 Å². The van der Waals surface area contributed by atoms with E-state index in [0.717, 1.165) is 25.8 Å². The average molecular weight is 287 g/mol. The summed E-state index contributed by atoms with van der Waals surface area (Å²) in [7, 11) is 4.25. The number of amides is 1. The van der Waals surface area contributed by atoms with E-state index in [1.54, 1.807) is 0 Å². The minimum absolute atomic E-state index is 0.300. The molecule has 1 aromatic rings. The third-order valence-electron chi connectivity index (χ3n) is 4.85. The quantitative estimate of drug-likeness (QED) is 0.830. The highest BCUT2D eigenvalue weighted by atomic mass is 16.2. The Morgan fingerprint density at radius 2 is 2.00 bits per heavy atom. The van der Waals surface area contributed by atoms with Gasteiger partial charge in [0.05, 0.1) is 6.04 Å². The summed E-state index contributed by atoms with van der Waals surface area (Å²) in [6.45, 7) is 0.907. The fraction of sp³-hybridized carbons (Fsp3) is 0.647. The second-order valence-electron chi connectivity index (χ2n) is 6.68.